The highest BCUT2D eigenvalue weighted by Gasteiger charge is 2.16. The summed E-state index contributed by atoms with van der Waals surface area (Å²) in [7, 11) is 0. The van der Waals surface area contributed by atoms with Crippen LogP contribution in [0.5, 0.6) is 5.75 Å². The van der Waals surface area contributed by atoms with Gasteiger partial charge in [0.05, 0.1) is 6.10 Å². The summed E-state index contributed by atoms with van der Waals surface area (Å²) < 4.78 is 11.2. The van der Waals surface area contributed by atoms with Crippen molar-refractivity contribution in [1.29, 1.82) is 0 Å². The second kappa shape index (κ2) is 9.66. The molecule has 1 aromatic carbocycles. The van der Waals surface area contributed by atoms with E-state index in [0.717, 1.165) is 25.2 Å². The second-order valence-electron chi connectivity index (χ2n) is 5.52. The normalized spacial score (nSPS) is 18.4. The van der Waals surface area contributed by atoms with E-state index in [9.17, 15) is 4.79 Å². The summed E-state index contributed by atoms with van der Waals surface area (Å²) in [6.07, 6.45) is 2.36. The lowest BCUT2D eigenvalue weighted by Gasteiger charge is -2.12. The molecule has 0 aromatic heterocycles. The van der Waals surface area contributed by atoms with Crippen molar-refractivity contribution < 1.29 is 14.3 Å². The number of carbonyl (C=O) groups is 1. The van der Waals surface area contributed by atoms with Crippen molar-refractivity contribution in [2.24, 2.45) is 11.7 Å². The van der Waals surface area contributed by atoms with Crippen molar-refractivity contribution in [1.82, 2.24) is 5.32 Å². The van der Waals surface area contributed by atoms with Crippen molar-refractivity contribution in [2.45, 2.75) is 25.9 Å². The minimum Gasteiger partial charge on any atom is -0.491 e. The Bertz CT molecular complexity index is 447. The number of nitrogens with two attached hydrogens (primary N) is 1. The first-order valence-corrected chi connectivity index (χ1v) is 7.51. The lowest BCUT2D eigenvalue weighted by Crippen LogP contribution is -2.31. The summed E-state index contributed by atoms with van der Waals surface area (Å²) in [5.74, 6) is 0.960. The van der Waals surface area contributed by atoms with Crippen molar-refractivity contribution in [3.05, 3.63) is 29.8 Å². The van der Waals surface area contributed by atoms with Crippen LogP contribution >= 0.6 is 12.4 Å². The molecule has 0 radical (unpaired) electrons. The maximum atomic E-state index is 11.9. The van der Waals surface area contributed by atoms with E-state index in [2.05, 4.69) is 5.32 Å². The molecule has 6 heteroatoms. The molecule has 0 spiro atoms. The fraction of sp³-hybridized carbons (Fsp3) is 0.562. The average Bonchev–Trinajstić information content (AvgIpc) is 3.04. The maximum Gasteiger partial charge on any atom is 0.251 e. The van der Waals surface area contributed by atoms with E-state index >= 15 is 0 Å². The number of nitrogens with one attached hydrogen (secondary N) is 1. The number of hydrogen-bond donors (Lipinski definition) is 2. The molecule has 2 atom stereocenters. The van der Waals surface area contributed by atoms with Gasteiger partial charge in [0.15, 0.2) is 0 Å². The van der Waals surface area contributed by atoms with Gasteiger partial charge in [-0.2, -0.15) is 0 Å². The van der Waals surface area contributed by atoms with Crippen LogP contribution in [0.2, 0.25) is 0 Å². The van der Waals surface area contributed by atoms with Crippen molar-refractivity contribution in [2.75, 3.05) is 26.3 Å². The Hall–Kier alpha value is -1.30. The molecule has 0 aliphatic carbocycles. The first-order chi connectivity index (χ1) is 10.2. The van der Waals surface area contributed by atoms with Gasteiger partial charge in [0.2, 0.25) is 0 Å². The van der Waals surface area contributed by atoms with Crippen LogP contribution in [-0.4, -0.2) is 38.3 Å². The highest BCUT2D eigenvalue weighted by molar-refractivity contribution is 5.94. The fourth-order valence-corrected chi connectivity index (χ4v) is 2.12. The molecule has 0 bridgehead atoms. The molecule has 1 saturated heterocycles. The zero-order valence-corrected chi connectivity index (χ0v) is 13.7. The summed E-state index contributed by atoms with van der Waals surface area (Å²) in [6, 6.07) is 7.17. The summed E-state index contributed by atoms with van der Waals surface area (Å²) in [4.78, 5) is 11.9. The molecule has 22 heavy (non-hydrogen) atoms. The first-order valence-electron chi connectivity index (χ1n) is 7.51. The summed E-state index contributed by atoms with van der Waals surface area (Å²) >= 11 is 0. The molecule has 3 N–H and O–H groups in total. The highest BCUT2D eigenvalue weighted by Crippen LogP contribution is 2.16. The molecular weight excluding hydrogens is 304 g/mol. The van der Waals surface area contributed by atoms with Gasteiger partial charge in [-0.15, -0.1) is 12.4 Å². The van der Waals surface area contributed by atoms with Crippen molar-refractivity contribution in [3.8, 4) is 5.75 Å². The van der Waals surface area contributed by atoms with Gasteiger partial charge in [0, 0.05) is 18.7 Å². The number of hydrogen-bond acceptors (Lipinski definition) is 4. The Kier molecular flexibility index (Phi) is 8.24. The van der Waals surface area contributed by atoms with Gasteiger partial charge in [0.25, 0.3) is 5.91 Å². The lowest BCUT2D eigenvalue weighted by molar-refractivity contribution is 0.0679. The number of carbonyl (C=O) groups excluding carboxylic acids is 1. The maximum absolute atomic E-state index is 11.9. The SMILES string of the molecule is CC(CN)CNC(=O)c1ccc(OCC2CCCO2)cc1.Cl. The van der Waals surface area contributed by atoms with E-state index in [1.54, 1.807) is 12.1 Å². The average molecular weight is 329 g/mol. The third-order valence-corrected chi connectivity index (χ3v) is 3.59. The summed E-state index contributed by atoms with van der Waals surface area (Å²) in [6.45, 7) is 4.55. The molecule has 1 amide bonds. The highest BCUT2D eigenvalue weighted by atomic mass is 35.5. The van der Waals surface area contributed by atoms with Gasteiger partial charge >= 0.3 is 0 Å². The van der Waals surface area contributed by atoms with Crippen LogP contribution in [0.3, 0.4) is 0 Å². The van der Waals surface area contributed by atoms with Gasteiger partial charge in [-0.3, -0.25) is 4.79 Å². The fourth-order valence-electron chi connectivity index (χ4n) is 2.12. The zero-order chi connectivity index (χ0) is 15.1. The molecule has 1 heterocycles. The largest absolute Gasteiger partial charge is 0.491 e. The Morgan fingerprint density at radius 1 is 1.45 bits per heavy atom. The van der Waals surface area contributed by atoms with Crippen LogP contribution in [0.15, 0.2) is 24.3 Å². The molecule has 1 fully saturated rings. The number of amides is 1. The smallest absolute Gasteiger partial charge is 0.251 e. The number of rotatable bonds is 7. The molecule has 0 saturated carbocycles. The van der Waals surface area contributed by atoms with E-state index in [4.69, 9.17) is 15.2 Å². The third-order valence-electron chi connectivity index (χ3n) is 3.59. The predicted molar refractivity (Wildman–Crippen MR) is 88.7 cm³/mol. The Balaban J connectivity index is 0.00000242. The van der Waals surface area contributed by atoms with Crippen molar-refractivity contribution in [3.63, 3.8) is 0 Å². The van der Waals surface area contributed by atoms with Crippen LogP contribution in [0.1, 0.15) is 30.1 Å². The predicted octanol–water partition coefficient (Wildman–Crippen LogP) is 1.99. The van der Waals surface area contributed by atoms with Gasteiger partial charge < -0.3 is 20.5 Å². The number of halogens is 1. The molecule has 124 valence electrons. The molecule has 1 aliphatic rings. The molecule has 2 unspecified atom stereocenters. The van der Waals surface area contributed by atoms with Gasteiger partial charge in [-0.05, 0) is 49.6 Å². The number of ether oxygens (including phenoxy) is 2. The van der Waals surface area contributed by atoms with Crippen LogP contribution in [0.4, 0.5) is 0 Å². The lowest BCUT2D eigenvalue weighted by atomic mass is 10.1. The van der Waals surface area contributed by atoms with E-state index in [0.29, 0.717) is 25.3 Å². The van der Waals surface area contributed by atoms with Crippen LogP contribution in [0, 0.1) is 5.92 Å². The zero-order valence-electron chi connectivity index (χ0n) is 12.9. The third kappa shape index (κ3) is 5.83. The van der Waals surface area contributed by atoms with Crippen molar-refractivity contribution >= 4 is 18.3 Å². The van der Waals surface area contributed by atoms with Gasteiger partial charge in [-0.1, -0.05) is 6.92 Å². The minimum atomic E-state index is -0.0824. The summed E-state index contributed by atoms with van der Waals surface area (Å²) in [5.41, 5.74) is 6.15. The minimum absolute atomic E-state index is 0. The van der Waals surface area contributed by atoms with Crippen LogP contribution < -0.4 is 15.8 Å². The van der Waals surface area contributed by atoms with E-state index in [1.807, 2.05) is 19.1 Å². The molecular formula is C16H25ClN2O3. The molecule has 2 rings (SSSR count). The first kappa shape index (κ1) is 18.7. The summed E-state index contributed by atoms with van der Waals surface area (Å²) in [5, 5.41) is 2.87. The van der Waals surface area contributed by atoms with Gasteiger partial charge in [0.1, 0.15) is 12.4 Å². The Morgan fingerprint density at radius 2 is 2.18 bits per heavy atom. The van der Waals surface area contributed by atoms with E-state index < -0.39 is 0 Å². The van der Waals surface area contributed by atoms with Crippen LogP contribution in [0.25, 0.3) is 0 Å². The monoisotopic (exact) mass is 328 g/mol. The quantitative estimate of drug-likeness (QED) is 0.803. The molecule has 1 aliphatic heterocycles. The Morgan fingerprint density at radius 3 is 2.77 bits per heavy atom. The van der Waals surface area contributed by atoms with Crippen LogP contribution in [-0.2, 0) is 4.74 Å². The molecule has 5 nitrogen and oxygen atoms in total. The number of benzene rings is 1. The van der Waals surface area contributed by atoms with E-state index in [1.165, 1.54) is 0 Å². The Labute approximate surface area is 138 Å². The topological polar surface area (TPSA) is 73.6 Å². The van der Waals surface area contributed by atoms with E-state index in [-0.39, 0.29) is 30.3 Å². The standard InChI is InChI=1S/C16H24N2O3.ClH/c1-12(9-17)10-18-16(19)13-4-6-14(7-5-13)21-11-15-3-2-8-20-15;/h4-7,12,15H,2-3,8-11,17H2,1H3,(H,18,19);1H. The second-order valence-corrected chi connectivity index (χ2v) is 5.52. The molecule has 1 aromatic rings. The van der Waals surface area contributed by atoms with Gasteiger partial charge in [-0.25, -0.2) is 0 Å².